The van der Waals surface area contributed by atoms with E-state index in [1.54, 1.807) is 19.1 Å². The molecular weight excluding hydrogens is 346 g/mol. The van der Waals surface area contributed by atoms with E-state index in [4.69, 9.17) is 21.1 Å². The van der Waals surface area contributed by atoms with E-state index in [1.165, 1.54) is 19.4 Å². The van der Waals surface area contributed by atoms with Crippen LogP contribution in [0.15, 0.2) is 35.4 Å². The van der Waals surface area contributed by atoms with E-state index >= 15 is 0 Å². The number of nitrogens with zero attached hydrogens (tertiary/aromatic N) is 2. The van der Waals surface area contributed by atoms with Gasteiger partial charge in [0.05, 0.1) is 30.5 Å². The molecule has 0 atom stereocenters. The maximum absolute atomic E-state index is 11.2. The first kappa shape index (κ1) is 18.5. The summed E-state index contributed by atoms with van der Waals surface area (Å²) in [5, 5.41) is 16.0. The maximum atomic E-state index is 11.2. The van der Waals surface area contributed by atoms with Crippen LogP contribution in [0.5, 0.6) is 11.5 Å². The number of nitro groups is 1. The summed E-state index contributed by atoms with van der Waals surface area (Å²) in [6.45, 7) is 4.05. The van der Waals surface area contributed by atoms with E-state index in [-0.39, 0.29) is 11.4 Å². The Hall–Kier alpha value is -2.80. The van der Waals surface area contributed by atoms with Gasteiger partial charge >= 0.3 is 5.69 Å². The summed E-state index contributed by atoms with van der Waals surface area (Å²) in [5.41, 5.74) is 4.82. The van der Waals surface area contributed by atoms with Crippen molar-refractivity contribution in [2.24, 2.45) is 5.10 Å². The summed E-state index contributed by atoms with van der Waals surface area (Å²) >= 11 is 6.06. The van der Waals surface area contributed by atoms with E-state index < -0.39 is 4.92 Å². The van der Waals surface area contributed by atoms with Gasteiger partial charge in [0.1, 0.15) is 0 Å². The van der Waals surface area contributed by atoms with Crippen LogP contribution in [-0.4, -0.2) is 24.9 Å². The summed E-state index contributed by atoms with van der Waals surface area (Å²) in [6.07, 6.45) is 1.46. The number of nitro benzene ring substituents is 1. The van der Waals surface area contributed by atoms with Crippen LogP contribution in [-0.2, 0) is 0 Å². The summed E-state index contributed by atoms with van der Waals surface area (Å²) < 4.78 is 10.5. The van der Waals surface area contributed by atoms with E-state index in [9.17, 15) is 10.1 Å². The summed E-state index contributed by atoms with van der Waals surface area (Å²) in [5.74, 6) is 0.376. The van der Waals surface area contributed by atoms with E-state index in [1.807, 2.05) is 19.1 Å². The molecule has 0 radical (unpaired) electrons. The molecule has 0 heterocycles. The van der Waals surface area contributed by atoms with Crippen molar-refractivity contribution in [3.8, 4) is 11.5 Å². The van der Waals surface area contributed by atoms with Gasteiger partial charge in [-0.2, -0.15) is 5.10 Å². The maximum Gasteiger partial charge on any atom is 0.315 e. The number of nitrogens with one attached hydrogen (secondary N) is 1. The first-order valence-electron chi connectivity index (χ1n) is 7.50. The number of halogens is 1. The average Bonchev–Trinajstić information content (AvgIpc) is 2.58. The molecule has 0 saturated carbocycles. The molecule has 0 saturated heterocycles. The fourth-order valence-corrected chi connectivity index (χ4v) is 2.31. The van der Waals surface area contributed by atoms with Gasteiger partial charge in [-0.1, -0.05) is 17.7 Å². The molecule has 0 bridgehead atoms. The largest absolute Gasteiger partial charge is 0.490 e. The normalized spacial score (nSPS) is 10.7. The monoisotopic (exact) mass is 363 g/mol. The Kier molecular flexibility index (Phi) is 6.19. The Bertz CT molecular complexity index is 809. The van der Waals surface area contributed by atoms with Crippen molar-refractivity contribution in [1.82, 2.24) is 0 Å². The zero-order chi connectivity index (χ0) is 18.4. The van der Waals surface area contributed by atoms with Crippen molar-refractivity contribution in [2.75, 3.05) is 19.1 Å². The predicted molar refractivity (Wildman–Crippen MR) is 98.2 cm³/mol. The minimum Gasteiger partial charge on any atom is -0.490 e. The zero-order valence-corrected chi connectivity index (χ0v) is 14.8. The fourth-order valence-electron chi connectivity index (χ4n) is 2.13. The number of rotatable bonds is 7. The number of hydrogen-bond donors (Lipinski definition) is 1. The van der Waals surface area contributed by atoms with Crippen LogP contribution in [0.3, 0.4) is 0 Å². The van der Waals surface area contributed by atoms with Gasteiger partial charge in [0.15, 0.2) is 5.75 Å². The fraction of sp³-hybridized carbons (Fsp3) is 0.235. The molecule has 2 rings (SSSR count). The number of hydrazone groups is 1. The van der Waals surface area contributed by atoms with E-state index in [0.29, 0.717) is 28.6 Å². The van der Waals surface area contributed by atoms with Crippen LogP contribution < -0.4 is 14.9 Å². The minimum absolute atomic E-state index is 0.0854. The molecule has 2 aromatic rings. The smallest absolute Gasteiger partial charge is 0.315 e. The SMILES string of the molecule is CCOc1cc(/C=N/Nc2ccc(C)c(Cl)c2)cc([N+](=O)[O-])c1OC. The van der Waals surface area contributed by atoms with Crippen molar-refractivity contribution >= 4 is 29.2 Å². The lowest BCUT2D eigenvalue weighted by molar-refractivity contribution is -0.385. The van der Waals surface area contributed by atoms with Crippen LogP contribution >= 0.6 is 11.6 Å². The average molecular weight is 364 g/mol. The molecule has 0 aromatic heterocycles. The van der Waals surface area contributed by atoms with Gasteiger partial charge in [0.25, 0.3) is 0 Å². The molecule has 132 valence electrons. The molecule has 0 aliphatic rings. The second-order valence-electron chi connectivity index (χ2n) is 5.10. The Balaban J connectivity index is 2.28. The second-order valence-corrected chi connectivity index (χ2v) is 5.50. The molecule has 25 heavy (non-hydrogen) atoms. The lowest BCUT2D eigenvalue weighted by Crippen LogP contribution is -2.01. The third-order valence-electron chi connectivity index (χ3n) is 3.34. The van der Waals surface area contributed by atoms with Gasteiger partial charge in [-0.25, -0.2) is 0 Å². The van der Waals surface area contributed by atoms with Gasteiger partial charge in [-0.05, 0) is 37.6 Å². The molecule has 7 nitrogen and oxygen atoms in total. The molecule has 1 N–H and O–H groups in total. The zero-order valence-electron chi connectivity index (χ0n) is 14.1. The highest BCUT2D eigenvalue weighted by Crippen LogP contribution is 2.37. The summed E-state index contributed by atoms with van der Waals surface area (Å²) in [4.78, 5) is 10.7. The van der Waals surface area contributed by atoms with E-state index in [2.05, 4.69) is 10.5 Å². The standard InChI is InChI=1S/C17H18ClN3O4/c1-4-25-16-8-12(7-15(21(22)23)17(16)24-3)10-19-20-13-6-5-11(2)14(18)9-13/h5-10,20H,4H2,1-3H3/b19-10+. The molecule has 0 spiro atoms. The number of anilines is 1. The molecule has 0 aliphatic carbocycles. The molecular formula is C17H18ClN3O4. The Morgan fingerprint density at radius 3 is 2.72 bits per heavy atom. The van der Waals surface area contributed by atoms with Gasteiger partial charge < -0.3 is 9.47 Å². The predicted octanol–water partition coefficient (Wildman–Crippen LogP) is 4.41. The topological polar surface area (TPSA) is 86.0 Å². The van der Waals surface area contributed by atoms with Crippen molar-refractivity contribution in [3.63, 3.8) is 0 Å². The molecule has 8 heteroatoms. The van der Waals surface area contributed by atoms with Gasteiger partial charge in [-0.3, -0.25) is 15.5 Å². The first-order chi connectivity index (χ1) is 12.0. The number of hydrogen-bond acceptors (Lipinski definition) is 6. The van der Waals surface area contributed by atoms with Crippen LogP contribution in [0.1, 0.15) is 18.1 Å². The van der Waals surface area contributed by atoms with Crippen molar-refractivity contribution < 1.29 is 14.4 Å². The molecule has 0 amide bonds. The Morgan fingerprint density at radius 1 is 1.36 bits per heavy atom. The van der Waals surface area contributed by atoms with Gasteiger partial charge in [0.2, 0.25) is 5.75 Å². The van der Waals surface area contributed by atoms with Crippen LogP contribution in [0.25, 0.3) is 0 Å². The van der Waals surface area contributed by atoms with Gasteiger partial charge in [0, 0.05) is 16.7 Å². The van der Waals surface area contributed by atoms with Gasteiger partial charge in [-0.15, -0.1) is 0 Å². The number of methoxy groups -OCH3 is 1. The number of aryl methyl sites for hydroxylation is 1. The highest BCUT2D eigenvalue weighted by atomic mass is 35.5. The Morgan fingerprint density at radius 2 is 2.12 bits per heavy atom. The van der Waals surface area contributed by atoms with Crippen LogP contribution in [0.4, 0.5) is 11.4 Å². The van der Waals surface area contributed by atoms with Crippen molar-refractivity contribution in [1.29, 1.82) is 0 Å². The van der Waals surface area contributed by atoms with Crippen molar-refractivity contribution in [3.05, 3.63) is 56.6 Å². The van der Waals surface area contributed by atoms with Crippen LogP contribution in [0, 0.1) is 17.0 Å². The second kappa shape index (κ2) is 8.34. The molecule has 0 unspecified atom stereocenters. The molecule has 2 aromatic carbocycles. The van der Waals surface area contributed by atoms with Crippen molar-refractivity contribution in [2.45, 2.75) is 13.8 Å². The molecule has 0 fully saturated rings. The summed E-state index contributed by atoms with van der Waals surface area (Å²) in [6, 6.07) is 8.44. The number of ether oxygens (including phenoxy) is 2. The van der Waals surface area contributed by atoms with E-state index in [0.717, 1.165) is 5.56 Å². The Labute approximate surface area is 150 Å². The molecule has 0 aliphatic heterocycles. The minimum atomic E-state index is -0.522. The quantitative estimate of drug-likeness (QED) is 0.447. The third kappa shape index (κ3) is 4.60. The lowest BCUT2D eigenvalue weighted by atomic mass is 10.2. The summed E-state index contributed by atoms with van der Waals surface area (Å²) in [7, 11) is 1.36. The lowest BCUT2D eigenvalue weighted by Gasteiger charge is -2.10. The highest BCUT2D eigenvalue weighted by molar-refractivity contribution is 6.31. The third-order valence-corrected chi connectivity index (χ3v) is 3.74. The highest BCUT2D eigenvalue weighted by Gasteiger charge is 2.21. The van der Waals surface area contributed by atoms with Crippen LogP contribution in [0.2, 0.25) is 5.02 Å². The first-order valence-corrected chi connectivity index (χ1v) is 7.88. The number of benzene rings is 2.